The molecule has 2 aromatic carbocycles. The number of fused-ring (bicyclic) bond motifs is 1. The van der Waals surface area contributed by atoms with Gasteiger partial charge in [-0.25, -0.2) is 13.4 Å². The predicted octanol–water partition coefficient (Wildman–Crippen LogP) is 4.47. The Labute approximate surface area is 193 Å². The molecule has 8 heteroatoms. The van der Waals surface area contributed by atoms with Crippen molar-refractivity contribution in [1.82, 2.24) is 10.3 Å². The van der Waals surface area contributed by atoms with E-state index in [1.807, 2.05) is 6.07 Å². The summed E-state index contributed by atoms with van der Waals surface area (Å²) in [5.74, 6) is 0.560. The average molecular weight is 464 g/mol. The van der Waals surface area contributed by atoms with Crippen LogP contribution in [0.2, 0.25) is 0 Å². The van der Waals surface area contributed by atoms with E-state index in [4.69, 9.17) is 4.74 Å². The molecule has 0 bridgehead atoms. The molecule has 1 heterocycles. The van der Waals surface area contributed by atoms with Crippen LogP contribution in [-0.2, 0) is 22.9 Å². The van der Waals surface area contributed by atoms with Crippen molar-refractivity contribution in [2.24, 2.45) is 0 Å². The number of nitrogens with one attached hydrogen (secondary N) is 2. The highest BCUT2D eigenvalue weighted by atomic mass is 32.2. The molecule has 0 fully saturated rings. The molecule has 0 atom stereocenters. The zero-order valence-electron chi connectivity index (χ0n) is 18.1. The average Bonchev–Trinajstić information content (AvgIpc) is 2.83. The van der Waals surface area contributed by atoms with Crippen molar-refractivity contribution in [1.29, 1.82) is 0 Å². The van der Waals surface area contributed by atoms with Crippen LogP contribution in [-0.4, -0.2) is 25.9 Å². The number of hydrogen-bond acceptors (Lipinski definition) is 5. The zero-order valence-corrected chi connectivity index (χ0v) is 18.9. The Morgan fingerprint density at radius 2 is 1.79 bits per heavy atom. The first-order valence-corrected chi connectivity index (χ1v) is 12.2. The molecule has 4 rings (SSSR count). The van der Waals surface area contributed by atoms with Gasteiger partial charge in [-0.3, -0.25) is 9.52 Å². The number of carbonyl (C=O) groups is 1. The van der Waals surface area contributed by atoms with Gasteiger partial charge in [-0.05, 0) is 79.3 Å². The molecule has 0 radical (unpaired) electrons. The van der Waals surface area contributed by atoms with Crippen LogP contribution in [0.1, 0.15) is 34.3 Å². The van der Waals surface area contributed by atoms with Gasteiger partial charge in [-0.1, -0.05) is 12.1 Å². The quantitative estimate of drug-likeness (QED) is 0.481. The zero-order chi connectivity index (χ0) is 23.3. The second-order valence-corrected chi connectivity index (χ2v) is 9.44. The number of anilines is 1. The van der Waals surface area contributed by atoms with Crippen molar-refractivity contribution >= 4 is 21.6 Å². The van der Waals surface area contributed by atoms with Crippen molar-refractivity contribution in [2.45, 2.75) is 30.6 Å². The van der Waals surface area contributed by atoms with Crippen LogP contribution < -0.4 is 14.8 Å². The van der Waals surface area contributed by atoms with Crippen molar-refractivity contribution in [3.8, 4) is 11.6 Å². The summed E-state index contributed by atoms with van der Waals surface area (Å²) < 4.78 is 34.0. The van der Waals surface area contributed by atoms with Crippen LogP contribution in [0.15, 0.2) is 78.3 Å². The molecule has 7 nitrogen and oxygen atoms in total. The van der Waals surface area contributed by atoms with Gasteiger partial charge in [0.2, 0.25) is 5.88 Å². The Balaban J connectivity index is 1.40. The third-order valence-electron chi connectivity index (χ3n) is 5.36. The van der Waals surface area contributed by atoms with Crippen molar-refractivity contribution in [2.75, 3.05) is 11.3 Å². The summed E-state index contributed by atoms with van der Waals surface area (Å²) in [5, 5.41) is 2.68. The number of carbonyl (C=O) groups excluding carboxylic acids is 1. The van der Waals surface area contributed by atoms with Gasteiger partial charge < -0.3 is 10.1 Å². The fraction of sp³-hybridized carbons (Fsp3) is 0.200. The number of aryl methyl sites for hydroxylation is 2. The number of nitrogens with zero attached hydrogens (tertiary/aromatic N) is 1. The van der Waals surface area contributed by atoms with Gasteiger partial charge in [-0.15, -0.1) is 6.58 Å². The lowest BCUT2D eigenvalue weighted by Crippen LogP contribution is -2.23. The summed E-state index contributed by atoms with van der Waals surface area (Å²) in [6, 6.07) is 15.1. The van der Waals surface area contributed by atoms with E-state index >= 15 is 0 Å². The third-order valence-corrected chi connectivity index (χ3v) is 6.74. The van der Waals surface area contributed by atoms with Crippen LogP contribution in [0.5, 0.6) is 11.6 Å². The molecule has 1 amide bonds. The summed E-state index contributed by atoms with van der Waals surface area (Å²) in [4.78, 5) is 16.3. The highest BCUT2D eigenvalue weighted by Crippen LogP contribution is 2.26. The van der Waals surface area contributed by atoms with Gasteiger partial charge in [0.15, 0.2) is 0 Å². The van der Waals surface area contributed by atoms with Crippen LogP contribution >= 0.6 is 0 Å². The number of pyridine rings is 1. The summed E-state index contributed by atoms with van der Waals surface area (Å²) >= 11 is 0. The SMILES string of the molecule is C=CCNC(=O)c1ccc(Oc2ccc(NS(=O)(=O)c3ccc4c(c3)CCCC4)cc2)nc1. The van der Waals surface area contributed by atoms with Gasteiger partial charge >= 0.3 is 0 Å². The van der Waals surface area contributed by atoms with Gasteiger partial charge in [0.05, 0.1) is 10.5 Å². The molecule has 0 saturated heterocycles. The van der Waals surface area contributed by atoms with Crippen LogP contribution in [0.3, 0.4) is 0 Å². The lowest BCUT2D eigenvalue weighted by Gasteiger charge is -2.17. The number of hydrogen-bond donors (Lipinski definition) is 2. The molecule has 0 spiro atoms. The van der Waals surface area contributed by atoms with Crippen LogP contribution in [0.4, 0.5) is 5.69 Å². The van der Waals surface area contributed by atoms with Crippen LogP contribution in [0.25, 0.3) is 0 Å². The predicted molar refractivity (Wildman–Crippen MR) is 127 cm³/mol. The maximum atomic E-state index is 12.8. The number of sulfonamides is 1. The molecule has 33 heavy (non-hydrogen) atoms. The van der Waals surface area contributed by atoms with E-state index in [0.717, 1.165) is 31.2 Å². The van der Waals surface area contributed by atoms with Gasteiger partial charge in [0, 0.05) is 24.5 Å². The van der Waals surface area contributed by atoms with E-state index < -0.39 is 10.0 Å². The fourth-order valence-electron chi connectivity index (χ4n) is 3.64. The molecule has 0 aliphatic heterocycles. The monoisotopic (exact) mass is 463 g/mol. The summed E-state index contributed by atoms with van der Waals surface area (Å²) in [6.45, 7) is 3.93. The summed E-state index contributed by atoms with van der Waals surface area (Å²) in [6.07, 6.45) is 7.18. The summed E-state index contributed by atoms with van der Waals surface area (Å²) in [7, 11) is -3.69. The standard InChI is InChI=1S/C25H25N3O4S/c1-2-15-26-25(29)20-8-14-24(27-17-20)32-22-11-9-21(10-12-22)28-33(30,31)23-13-7-18-5-3-4-6-19(18)16-23/h2,7-14,16-17,28H,1,3-6,15H2,(H,26,29). The first-order valence-electron chi connectivity index (χ1n) is 10.7. The highest BCUT2D eigenvalue weighted by Gasteiger charge is 2.18. The Bertz CT molecular complexity index is 1250. The molecule has 2 N–H and O–H groups in total. The molecule has 3 aromatic rings. The minimum Gasteiger partial charge on any atom is -0.439 e. The maximum Gasteiger partial charge on any atom is 0.261 e. The smallest absolute Gasteiger partial charge is 0.261 e. The number of rotatable bonds is 8. The molecule has 1 aliphatic rings. The van der Waals surface area contributed by atoms with Gasteiger partial charge in [0.25, 0.3) is 15.9 Å². The van der Waals surface area contributed by atoms with Gasteiger partial charge in [-0.2, -0.15) is 0 Å². The first-order chi connectivity index (χ1) is 15.9. The van der Waals surface area contributed by atoms with E-state index in [1.165, 1.54) is 11.8 Å². The molecule has 0 saturated carbocycles. The largest absolute Gasteiger partial charge is 0.439 e. The normalized spacial score (nSPS) is 13.0. The Morgan fingerprint density at radius 1 is 1.03 bits per heavy atom. The Morgan fingerprint density at radius 3 is 2.48 bits per heavy atom. The second kappa shape index (κ2) is 9.87. The van der Waals surface area contributed by atoms with Gasteiger partial charge in [0.1, 0.15) is 5.75 Å². The third kappa shape index (κ3) is 5.59. The van der Waals surface area contributed by atoms with E-state index in [1.54, 1.807) is 54.6 Å². The van der Waals surface area contributed by atoms with Crippen molar-refractivity contribution < 1.29 is 17.9 Å². The Kier molecular flexibility index (Phi) is 6.74. The molecule has 1 aliphatic carbocycles. The molecule has 1 aromatic heterocycles. The number of benzene rings is 2. The van der Waals surface area contributed by atoms with Crippen molar-refractivity contribution in [3.63, 3.8) is 0 Å². The minimum absolute atomic E-state index is 0.246. The summed E-state index contributed by atoms with van der Waals surface area (Å²) in [5.41, 5.74) is 3.20. The topological polar surface area (TPSA) is 97.4 Å². The fourth-order valence-corrected chi connectivity index (χ4v) is 4.75. The first kappa shape index (κ1) is 22.5. The van der Waals surface area contributed by atoms with E-state index in [9.17, 15) is 13.2 Å². The van der Waals surface area contributed by atoms with Crippen LogP contribution in [0, 0.1) is 0 Å². The minimum atomic E-state index is -3.69. The molecule has 170 valence electrons. The van der Waals surface area contributed by atoms with E-state index in [0.29, 0.717) is 29.4 Å². The van der Waals surface area contributed by atoms with E-state index in [-0.39, 0.29) is 10.8 Å². The van der Waals surface area contributed by atoms with Crippen molar-refractivity contribution in [3.05, 3.63) is 90.1 Å². The Hall–Kier alpha value is -3.65. The lowest BCUT2D eigenvalue weighted by molar-refractivity contribution is 0.0957. The lowest BCUT2D eigenvalue weighted by atomic mass is 9.92. The number of aromatic nitrogens is 1. The molecular formula is C25H25N3O4S. The molecule has 0 unspecified atom stereocenters. The highest BCUT2D eigenvalue weighted by molar-refractivity contribution is 7.92. The number of amides is 1. The van der Waals surface area contributed by atoms with E-state index in [2.05, 4.69) is 21.6 Å². The second-order valence-electron chi connectivity index (χ2n) is 7.75. The number of ether oxygens (including phenoxy) is 1. The maximum absolute atomic E-state index is 12.8. The molecular weight excluding hydrogens is 438 g/mol.